The molecular formula is C24H29NO. The van der Waals surface area contributed by atoms with E-state index in [2.05, 4.69) is 43.1 Å². The molecule has 26 heavy (non-hydrogen) atoms. The number of fused-ring (bicyclic) bond motifs is 5. The van der Waals surface area contributed by atoms with Crippen molar-refractivity contribution in [2.45, 2.75) is 58.5 Å². The third-order valence-corrected chi connectivity index (χ3v) is 8.10. The van der Waals surface area contributed by atoms with Crippen LogP contribution in [0.4, 0.5) is 0 Å². The van der Waals surface area contributed by atoms with Crippen molar-refractivity contribution < 1.29 is 5.11 Å². The number of allylic oxidation sites excluding steroid dienone is 5. The lowest BCUT2D eigenvalue weighted by Gasteiger charge is -2.56. The highest BCUT2D eigenvalue weighted by Crippen LogP contribution is 2.64. The van der Waals surface area contributed by atoms with E-state index in [0.29, 0.717) is 11.3 Å². The van der Waals surface area contributed by atoms with E-state index in [1.165, 1.54) is 24.0 Å². The fourth-order valence-corrected chi connectivity index (χ4v) is 6.59. The molecule has 1 heterocycles. The lowest BCUT2D eigenvalue weighted by molar-refractivity contribution is 0.0369. The highest BCUT2D eigenvalue weighted by atomic mass is 16.3. The van der Waals surface area contributed by atoms with Crippen LogP contribution in [0.25, 0.3) is 5.57 Å². The fraction of sp³-hybridized carbons (Fsp3) is 0.542. The lowest BCUT2D eigenvalue weighted by Crippen LogP contribution is -2.47. The fourth-order valence-electron chi connectivity index (χ4n) is 6.59. The zero-order valence-electron chi connectivity index (χ0n) is 15.9. The summed E-state index contributed by atoms with van der Waals surface area (Å²) >= 11 is 0. The molecule has 1 N–H and O–H groups in total. The molecule has 5 rings (SSSR count). The summed E-state index contributed by atoms with van der Waals surface area (Å²) in [5.74, 6) is 1.39. The van der Waals surface area contributed by atoms with Gasteiger partial charge in [-0.2, -0.15) is 0 Å². The largest absolute Gasteiger partial charge is 0.393 e. The molecule has 0 unspecified atom stereocenters. The summed E-state index contributed by atoms with van der Waals surface area (Å²) < 4.78 is 0. The van der Waals surface area contributed by atoms with Crippen molar-refractivity contribution in [3.05, 3.63) is 59.5 Å². The second kappa shape index (κ2) is 5.66. The van der Waals surface area contributed by atoms with Crippen molar-refractivity contribution in [2.24, 2.45) is 22.7 Å². The van der Waals surface area contributed by atoms with Crippen LogP contribution in [0.2, 0.25) is 0 Å². The molecule has 2 nitrogen and oxygen atoms in total. The molecular weight excluding hydrogens is 318 g/mol. The lowest BCUT2D eigenvalue weighted by atomic mass is 9.49. The number of hydrogen-bond donors (Lipinski definition) is 1. The van der Waals surface area contributed by atoms with Gasteiger partial charge in [-0.15, -0.1) is 0 Å². The van der Waals surface area contributed by atoms with Crippen molar-refractivity contribution >= 4 is 5.57 Å². The predicted octanol–water partition coefficient (Wildman–Crippen LogP) is 5.32. The number of aliphatic hydroxyl groups excluding tert-OH is 1. The van der Waals surface area contributed by atoms with Crippen LogP contribution >= 0.6 is 0 Å². The standard InChI is InChI=1S/C24H29NO/c1-23-11-9-18(26)14-17(23)5-6-19-21-8-7-20(16-4-3-13-25-15-16)24(21,2)12-10-22(19)23/h3-5,7-8,13,15,18-19,22,26H,6,9-12,14H2,1-2H3/t18-,19+,22+,23+,24-/m1/s1. The van der Waals surface area contributed by atoms with Crippen LogP contribution in [0.15, 0.2) is 53.9 Å². The normalized spacial score (nSPS) is 41.3. The Balaban J connectivity index is 1.50. The van der Waals surface area contributed by atoms with Crippen LogP contribution in [-0.4, -0.2) is 16.2 Å². The molecule has 136 valence electrons. The van der Waals surface area contributed by atoms with Crippen molar-refractivity contribution in [3.8, 4) is 0 Å². The molecule has 0 saturated heterocycles. The molecule has 4 aliphatic rings. The number of nitrogens with zero attached hydrogens (tertiary/aromatic N) is 1. The third kappa shape index (κ3) is 2.18. The van der Waals surface area contributed by atoms with Gasteiger partial charge in [0.15, 0.2) is 0 Å². The molecule has 2 heteroatoms. The minimum absolute atomic E-state index is 0.121. The highest BCUT2D eigenvalue weighted by molar-refractivity contribution is 5.78. The van der Waals surface area contributed by atoms with Gasteiger partial charge in [0.25, 0.3) is 0 Å². The minimum atomic E-state index is -0.121. The Morgan fingerprint density at radius 1 is 1.15 bits per heavy atom. The molecule has 2 fully saturated rings. The maximum atomic E-state index is 10.1. The zero-order valence-corrected chi connectivity index (χ0v) is 15.9. The van der Waals surface area contributed by atoms with E-state index in [-0.39, 0.29) is 11.5 Å². The van der Waals surface area contributed by atoms with Gasteiger partial charge in [-0.1, -0.05) is 49.3 Å². The average Bonchev–Trinajstić information content (AvgIpc) is 3.00. The number of hydrogen-bond acceptors (Lipinski definition) is 2. The molecule has 0 spiro atoms. The Hall–Kier alpha value is -1.67. The van der Waals surface area contributed by atoms with E-state index in [1.807, 2.05) is 18.5 Å². The van der Waals surface area contributed by atoms with Crippen LogP contribution < -0.4 is 0 Å². The van der Waals surface area contributed by atoms with Gasteiger partial charge >= 0.3 is 0 Å². The number of aliphatic hydroxyl groups is 1. The van der Waals surface area contributed by atoms with Crippen molar-refractivity contribution in [3.63, 3.8) is 0 Å². The molecule has 0 radical (unpaired) electrons. The Morgan fingerprint density at radius 2 is 2.04 bits per heavy atom. The SMILES string of the molecule is C[C@]12CC[C@H]3[C@@H](CC=C4C[C@H](O)CC[C@@]43C)C1=CC=C2c1cccnc1. The number of pyridine rings is 1. The summed E-state index contributed by atoms with van der Waals surface area (Å²) in [4.78, 5) is 4.35. The zero-order chi connectivity index (χ0) is 17.9. The van der Waals surface area contributed by atoms with E-state index >= 15 is 0 Å². The molecule has 1 aromatic rings. The summed E-state index contributed by atoms with van der Waals surface area (Å²) in [6.07, 6.45) is 17.7. The summed E-state index contributed by atoms with van der Waals surface area (Å²) in [5, 5.41) is 10.1. The topological polar surface area (TPSA) is 33.1 Å². The van der Waals surface area contributed by atoms with Gasteiger partial charge in [0, 0.05) is 17.8 Å². The summed E-state index contributed by atoms with van der Waals surface area (Å²) in [6.45, 7) is 4.93. The van der Waals surface area contributed by atoms with Crippen LogP contribution in [-0.2, 0) is 0 Å². The van der Waals surface area contributed by atoms with E-state index in [4.69, 9.17) is 0 Å². The molecule has 0 amide bonds. The first-order chi connectivity index (χ1) is 12.5. The molecule has 1 aromatic heterocycles. The van der Waals surface area contributed by atoms with Gasteiger partial charge in [0.05, 0.1) is 6.10 Å². The van der Waals surface area contributed by atoms with Crippen molar-refractivity contribution in [1.82, 2.24) is 4.98 Å². The van der Waals surface area contributed by atoms with Gasteiger partial charge < -0.3 is 5.11 Å². The molecule has 4 aliphatic carbocycles. The first-order valence-electron chi connectivity index (χ1n) is 10.2. The van der Waals surface area contributed by atoms with E-state index < -0.39 is 0 Å². The Morgan fingerprint density at radius 3 is 2.85 bits per heavy atom. The predicted molar refractivity (Wildman–Crippen MR) is 105 cm³/mol. The monoisotopic (exact) mass is 347 g/mol. The third-order valence-electron chi connectivity index (χ3n) is 8.10. The number of rotatable bonds is 1. The molecule has 5 atom stereocenters. The second-order valence-corrected chi connectivity index (χ2v) is 9.31. The van der Waals surface area contributed by atoms with E-state index in [0.717, 1.165) is 31.6 Å². The maximum Gasteiger partial charge on any atom is 0.0577 e. The smallest absolute Gasteiger partial charge is 0.0577 e. The Kier molecular flexibility index (Phi) is 3.59. The first kappa shape index (κ1) is 16.5. The van der Waals surface area contributed by atoms with Gasteiger partial charge in [0.2, 0.25) is 0 Å². The van der Waals surface area contributed by atoms with Crippen molar-refractivity contribution in [2.75, 3.05) is 0 Å². The number of aromatic nitrogens is 1. The second-order valence-electron chi connectivity index (χ2n) is 9.31. The van der Waals surface area contributed by atoms with Crippen LogP contribution in [0.5, 0.6) is 0 Å². The van der Waals surface area contributed by atoms with Crippen molar-refractivity contribution in [1.29, 1.82) is 0 Å². The van der Waals surface area contributed by atoms with Crippen LogP contribution in [0.1, 0.15) is 57.9 Å². The molecule has 2 saturated carbocycles. The maximum absolute atomic E-state index is 10.1. The Bertz CT molecular complexity index is 820. The average molecular weight is 348 g/mol. The molecule has 0 aromatic carbocycles. The van der Waals surface area contributed by atoms with Crippen LogP contribution in [0, 0.1) is 22.7 Å². The summed E-state index contributed by atoms with van der Waals surface area (Å²) in [7, 11) is 0. The molecule has 0 bridgehead atoms. The Labute approximate surface area is 156 Å². The molecule has 0 aliphatic heterocycles. The van der Waals surface area contributed by atoms with Crippen LogP contribution in [0.3, 0.4) is 0 Å². The van der Waals surface area contributed by atoms with Gasteiger partial charge in [-0.3, -0.25) is 4.98 Å². The van der Waals surface area contributed by atoms with E-state index in [9.17, 15) is 5.11 Å². The summed E-state index contributed by atoms with van der Waals surface area (Å²) in [6, 6.07) is 4.25. The summed E-state index contributed by atoms with van der Waals surface area (Å²) in [5.41, 5.74) is 6.38. The quantitative estimate of drug-likeness (QED) is 0.698. The van der Waals surface area contributed by atoms with Gasteiger partial charge in [0.1, 0.15) is 0 Å². The minimum Gasteiger partial charge on any atom is -0.393 e. The first-order valence-corrected chi connectivity index (χ1v) is 10.2. The van der Waals surface area contributed by atoms with Gasteiger partial charge in [-0.25, -0.2) is 0 Å². The van der Waals surface area contributed by atoms with Gasteiger partial charge in [-0.05, 0) is 73.0 Å². The van der Waals surface area contributed by atoms with E-state index in [1.54, 1.807) is 11.1 Å². The highest BCUT2D eigenvalue weighted by Gasteiger charge is 2.54.